The van der Waals surface area contributed by atoms with Crippen LogP contribution < -0.4 is 11.1 Å². The first kappa shape index (κ1) is 16.9. The molecule has 0 bridgehead atoms. The fourth-order valence-corrected chi connectivity index (χ4v) is 2.17. The minimum atomic E-state index is -0.795. The number of anilines is 1. The van der Waals surface area contributed by atoms with Crippen LogP contribution in [0.1, 0.15) is 43.0 Å². The maximum atomic E-state index is 13.1. The summed E-state index contributed by atoms with van der Waals surface area (Å²) in [7, 11) is 0. The molecule has 0 heterocycles. The lowest BCUT2D eigenvalue weighted by molar-refractivity contribution is -0.137. The van der Waals surface area contributed by atoms with Crippen LogP contribution in [-0.4, -0.2) is 23.5 Å². The smallest absolute Gasteiger partial charge is 0.303 e. The lowest BCUT2D eigenvalue weighted by Gasteiger charge is -2.15. The van der Waals surface area contributed by atoms with E-state index in [4.69, 9.17) is 10.8 Å². The topological polar surface area (TPSA) is 92.4 Å². The summed E-state index contributed by atoms with van der Waals surface area (Å²) >= 11 is 0. The molecule has 0 spiro atoms. The lowest BCUT2D eigenvalue weighted by Crippen LogP contribution is -2.16. The minimum Gasteiger partial charge on any atom is -0.481 e. The summed E-state index contributed by atoms with van der Waals surface area (Å²) in [4.78, 5) is 21.8. The van der Waals surface area contributed by atoms with E-state index in [2.05, 4.69) is 5.32 Å². The molecule has 1 rings (SSSR count). The fourth-order valence-electron chi connectivity index (χ4n) is 2.17. The molecule has 0 aliphatic carbocycles. The van der Waals surface area contributed by atoms with E-state index in [9.17, 15) is 14.0 Å². The first-order valence-electron chi connectivity index (χ1n) is 6.99. The van der Waals surface area contributed by atoms with Gasteiger partial charge in [-0.1, -0.05) is 13.3 Å². The van der Waals surface area contributed by atoms with Gasteiger partial charge in [0, 0.05) is 18.7 Å². The van der Waals surface area contributed by atoms with Gasteiger partial charge in [0.1, 0.15) is 5.82 Å². The summed E-state index contributed by atoms with van der Waals surface area (Å²) < 4.78 is 13.1. The quantitative estimate of drug-likeness (QED) is 0.653. The maximum absolute atomic E-state index is 13.1. The summed E-state index contributed by atoms with van der Waals surface area (Å²) in [6.45, 7) is 2.59. The third-order valence-electron chi connectivity index (χ3n) is 3.46. The van der Waals surface area contributed by atoms with Gasteiger partial charge in [0.25, 0.3) is 5.91 Å². The number of hydrogen-bond donors (Lipinski definition) is 3. The number of benzene rings is 1. The largest absolute Gasteiger partial charge is 0.481 e. The van der Waals surface area contributed by atoms with Gasteiger partial charge in [-0.05, 0) is 37.0 Å². The molecule has 1 amide bonds. The Labute approximate surface area is 123 Å². The Balaban J connectivity index is 2.55. The number of nitrogens with one attached hydrogen (secondary N) is 1. The Morgan fingerprint density at radius 2 is 2.10 bits per heavy atom. The van der Waals surface area contributed by atoms with E-state index in [0.717, 1.165) is 18.9 Å². The van der Waals surface area contributed by atoms with Crippen molar-refractivity contribution in [3.05, 3.63) is 29.6 Å². The third kappa shape index (κ3) is 5.81. The van der Waals surface area contributed by atoms with Crippen molar-refractivity contribution in [2.75, 3.05) is 11.9 Å². The van der Waals surface area contributed by atoms with Crippen LogP contribution in [0.3, 0.4) is 0 Å². The molecule has 6 heteroatoms. The van der Waals surface area contributed by atoms with Crippen molar-refractivity contribution in [2.45, 2.75) is 32.6 Å². The summed E-state index contributed by atoms with van der Waals surface area (Å²) in [6, 6.07) is 3.84. The fraction of sp³-hybridized carbons (Fsp3) is 0.467. The van der Waals surface area contributed by atoms with Gasteiger partial charge >= 0.3 is 5.97 Å². The highest BCUT2D eigenvalue weighted by molar-refractivity contribution is 5.98. The minimum absolute atomic E-state index is 0.119. The Kier molecular flexibility index (Phi) is 6.65. The SMILES string of the molecule is CCC(CCNc1ccc(F)cc1C(N)=O)CCC(=O)O. The monoisotopic (exact) mass is 296 g/mol. The number of aliphatic carboxylic acids is 1. The molecule has 1 aromatic rings. The van der Waals surface area contributed by atoms with Crippen LogP contribution in [0.15, 0.2) is 18.2 Å². The van der Waals surface area contributed by atoms with Crippen LogP contribution in [0.2, 0.25) is 0 Å². The van der Waals surface area contributed by atoms with Gasteiger partial charge < -0.3 is 16.2 Å². The molecule has 0 fully saturated rings. The highest BCUT2D eigenvalue weighted by atomic mass is 19.1. The second kappa shape index (κ2) is 8.24. The number of carboxylic acid groups (broad SMARTS) is 1. The molecule has 1 aromatic carbocycles. The first-order chi connectivity index (χ1) is 9.93. The van der Waals surface area contributed by atoms with Gasteiger partial charge in [-0.2, -0.15) is 0 Å². The third-order valence-corrected chi connectivity index (χ3v) is 3.46. The summed E-state index contributed by atoms with van der Waals surface area (Å²) in [5.41, 5.74) is 5.83. The van der Waals surface area contributed by atoms with Crippen molar-refractivity contribution in [1.29, 1.82) is 0 Å². The van der Waals surface area contributed by atoms with E-state index in [1.54, 1.807) is 0 Å². The van der Waals surface area contributed by atoms with Crippen LogP contribution >= 0.6 is 0 Å². The zero-order chi connectivity index (χ0) is 15.8. The number of rotatable bonds is 9. The van der Waals surface area contributed by atoms with Gasteiger partial charge in [-0.25, -0.2) is 4.39 Å². The average molecular weight is 296 g/mol. The summed E-state index contributed by atoms with van der Waals surface area (Å²) in [6.07, 6.45) is 2.45. The first-order valence-corrected chi connectivity index (χ1v) is 6.99. The number of halogens is 1. The predicted octanol–water partition coefficient (Wildman–Crippen LogP) is 2.62. The maximum Gasteiger partial charge on any atom is 0.303 e. The Hall–Kier alpha value is -2.11. The molecule has 21 heavy (non-hydrogen) atoms. The van der Waals surface area contributed by atoms with Crippen LogP contribution in [0, 0.1) is 11.7 Å². The molecule has 0 aromatic heterocycles. The van der Waals surface area contributed by atoms with E-state index < -0.39 is 17.7 Å². The van der Waals surface area contributed by atoms with E-state index in [0.29, 0.717) is 24.6 Å². The van der Waals surface area contributed by atoms with Crippen LogP contribution in [0.5, 0.6) is 0 Å². The molecule has 0 aliphatic rings. The van der Waals surface area contributed by atoms with Crippen LogP contribution in [0.25, 0.3) is 0 Å². The lowest BCUT2D eigenvalue weighted by atomic mass is 9.96. The van der Waals surface area contributed by atoms with Crippen molar-refractivity contribution >= 4 is 17.6 Å². The highest BCUT2D eigenvalue weighted by Gasteiger charge is 2.11. The van der Waals surface area contributed by atoms with E-state index in [-0.39, 0.29) is 12.0 Å². The molecule has 1 unspecified atom stereocenters. The second-order valence-corrected chi connectivity index (χ2v) is 4.98. The van der Waals surface area contributed by atoms with E-state index >= 15 is 0 Å². The van der Waals surface area contributed by atoms with Crippen molar-refractivity contribution in [2.24, 2.45) is 11.7 Å². The number of nitrogens with two attached hydrogens (primary N) is 1. The standard InChI is InChI=1S/C15H21FN2O3/c1-2-10(3-6-14(19)20)7-8-18-13-5-4-11(16)9-12(13)15(17)21/h4-5,9-10,18H,2-3,6-8H2,1H3,(H2,17,21)(H,19,20). The zero-order valence-corrected chi connectivity index (χ0v) is 12.1. The van der Waals surface area contributed by atoms with Crippen molar-refractivity contribution in [3.63, 3.8) is 0 Å². The van der Waals surface area contributed by atoms with Gasteiger partial charge in [0.05, 0.1) is 5.56 Å². The second-order valence-electron chi connectivity index (χ2n) is 4.98. The molecule has 0 saturated heterocycles. The Morgan fingerprint density at radius 1 is 1.38 bits per heavy atom. The molecule has 4 N–H and O–H groups in total. The molecule has 0 aliphatic heterocycles. The van der Waals surface area contributed by atoms with E-state index in [1.165, 1.54) is 12.1 Å². The molecule has 0 radical (unpaired) electrons. The normalized spacial score (nSPS) is 11.9. The van der Waals surface area contributed by atoms with Crippen molar-refractivity contribution in [1.82, 2.24) is 0 Å². The van der Waals surface area contributed by atoms with Crippen LogP contribution in [0.4, 0.5) is 10.1 Å². The number of primary amides is 1. The zero-order valence-electron chi connectivity index (χ0n) is 12.1. The summed E-state index contributed by atoms with van der Waals surface area (Å²) in [5, 5.41) is 11.7. The molecule has 1 atom stereocenters. The number of carboxylic acids is 1. The number of carbonyl (C=O) groups is 2. The molecular weight excluding hydrogens is 275 g/mol. The molecule has 0 saturated carbocycles. The highest BCUT2D eigenvalue weighted by Crippen LogP contribution is 2.19. The van der Waals surface area contributed by atoms with E-state index in [1.807, 2.05) is 6.92 Å². The average Bonchev–Trinajstić information content (AvgIpc) is 2.43. The van der Waals surface area contributed by atoms with Gasteiger partial charge in [0.2, 0.25) is 0 Å². The summed E-state index contributed by atoms with van der Waals surface area (Å²) in [5.74, 6) is -1.70. The molecule has 116 valence electrons. The van der Waals surface area contributed by atoms with Crippen molar-refractivity contribution in [3.8, 4) is 0 Å². The molecule has 5 nitrogen and oxygen atoms in total. The van der Waals surface area contributed by atoms with Crippen LogP contribution in [-0.2, 0) is 4.79 Å². The Bertz CT molecular complexity index is 506. The number of carbonyl (C=O) groups excluding carboxylic acids is 1. The van der Waals surface area contributed by atoms with Gasteiger partial charge in [0.15, 0.2) is 0 Å². The number of hydrogen-bond acceptors (Lipinski definition) is 3. The van der Waals surface area contributed by atoms with Crippen molar-refractivity contribution < 1.29 is 19.1 Å². The predicted molar refractivity (Wildman–Crippen MR) is 78.7 cm³/mol. The molecular formula is C15H21FN2O3. The van der Waals surface area contributed by atoms with Gasteiger partial charge in [-0.3, -0.25) is 9.59 Å². The Morgan fingerprint density at radius 3 is 2.67 bits per heavy atom. The van der Waals surface area contributed by atoms with Gasteiger partial charge in [-0.15, -0.1) is 0 Å². The number of amides is 1.